The molecule has 1 heterocycles. The average Bonchev–Trinajstić information content (AvgIpc) is 2.05. The maximum Gasteiger partial charge on any atom is 0.193 e. The molecule has 0 saturated heterocycles. The predicted molar refractivity (Wildman–Crippen MR) is 54.9 cm³/mol. The van der Waals surface area contributed by atoms with Crippen molar-refractivity contribution >= 4 is 5.96 Å². The summed E-state index contributed by atoms with van der Waals surface area (Å²) in [5.41, 5.74) is 0. The van der Waals surface area contributed by atoms with Crippen molar-refractivity contribution in [3.63, 3.8) is 0 Å². The van der Waals surface area contributed by atoms with Gasteiger partial charge in [0.1, 0.15) is 0 Å². The topological polar surface area (TPSA) is 27.6 Å². The summed E-state index contributed by atoms with van der Waals surface area (Å²) in [5.74, 6) is 2.02. The minimum atomic E-state index is 0.915. The number of aliphatic imine (C=N–C) groups is 1. The smallest absolute Gasteiger partial charge is 0.193 e. The van der Waals surface area contributed by atoms with Gasteiger partial charge >= 0.3 is 0 Å². The summed E-state index contributed by atoms with van der Waals surface area (Å²) in [6.07, 6.45) is 5.44. The van der Waals surface area contributed by atoms with Crippen molar-refractivity contribution in [1.29, 1.82) is 0 Å². The summed E-state index contributed by atoms with van der Waals surface area (Å²) >= 11 is 0. The summed E-state index contributed by atoms with van der Waals surface area (Å²) in [7, 11) is 2.12. The lowest BCUT2D eigenvalue weighted by molar-refractivity contribution is 0.309. The molecule has 0 radical (unpaired) electrons. The molecule has 74 valence electrons. The van der Waals surface area contributed by atoms with Crippen molar-refractivity contribution in [3.8, 4) is 0 Å². The van der Waals surface area contributed by atoms with Crippen molar-refractivity contribution in [2.24, 2.45) is 10.9 Å². The molecular formula is C10H19N3. The molecule has 1 saturated carbocycles. The van der Waals surface area contributed by atoms with E-state index >= 15 is 0 Å². The van der Waals surface area contributed by atoms with Crippen LogP contribution in [0, 0.1) is 5.92 Å². The first-order valence-corrected chi connectivity index (χ1v) is 5.36. The fourth-order valence-electron chi connectivity index (χ4n) is 1.84. The molecule has 2 rings (SSSR count). The Morgan fingerprint density at radius 3 is 2.92 bits per heavy atom. The van der Waals surface area contributed by atoms with Crippen molar-refractivity contribution < 1.29 is 0 Å². The van der Waals surface area contributed by atoms with Crippen LogP contribution in [0.25, 0.3) is 0 Å². The molecule has 0 unspecified atom stereocenters. The summed E-state index contributed by atoms with van der Waals surface area (Å²) in [6.45, 7) is 3.27. The van der Waals surface area contributed by atoms with E-state index in [4.69, 9.17) is 0 Å². The molecular weight excluding hydrogens is 162 g/mol. The molecule has 0 aromatic rings. The highest BCUT2D eigenvalue weighted by Gasteiger charge is 2.18. The molecule has 0 spiro atoms. The summed E-state index contributed by atoms with van der Waals surface area (Å²) < 4.78 is 0. The van der Waals surface area contributed by atoms with Crippen LogP contribution in [0.1, 0.15) is 25.7 Å². The van der Waals surface area contributed by atoms with Crippen molar-refractivity contribution in [2.75, 3.05) is 26.7 Å². The van der Waals surface area contributed by atoms with Gasteiger partial charge in [-0.05, 0) is 25.2 Å². The number of hydrogen-bond acceptors (Lipinski definition) is 3. The maximum absolute atomic E-state index is 4.47. The Hall–Kier alpha value is -0.730. The van der Waals surface area contributed by atoms with Crippen LogP contribution in [0.3, 0.4) is 0 Å². The third-order valence-electron chi connectivity index (χ3n) is 3.05. The minimum absolute atomic E-state index is 0.915. The van der Waals surface area contributed by atoms with E-state index in [0.29, 0.717) is 0 Å². The molecule has 13 heavy (non-hydrogen) atoms. The Kier molecular flexibility index (Phi) is 2.71. The number of nitrogens with one attached hydrogen (secondary N) is 1. The van der Waals surface area contributed by atoms with E-state index in [9.17, 15) is 0 Å². The number of nitrogens with zero attached hydrogens (tertiary/aromatic N) is 2. The fourth-order valence-corrected chi connectivity index (χ4v) is 1.84. The van der Waals surface area contributed by atoms with E-state index in [1.807, 2.05) is 0 Å². The van der Waals surface area contributed by atoms with Gasteiger partial charge in [-0.1, -0.05) is 6.42 Å². The van der Waals surface area contributed by atoms with E-state index in [2.05, 4.69) is 22.3 Å². The normalized spacial score (nSPS) is 23.8. The second kappa shape index (κ2) is 3.99. The summed E-state index contributed by atoms with van der Waals surface area (Å²) in [4.78, 5) is 6.70. The fraction of sp³-hybridized carbons (Fsp3) is 0.900. The molecule has 0 bridgehead atoms. The third-order valence-corrected chi connectivity index (χ3v) is 3.05. The molecule has 0 amide bonds. The lowest BCUT2D eigenvalue weighted by Crippen LogP contribution is -2.44. The first-order chi connectivity index (χ1) is 6.36. The van der Waals surface area contributed by atoms with Crippen LogP contribution >= 0.6 is 0 Å². The van der Waals surface area contributed by atoms with E-state index in [0.717, 1.165) is 31.5 Å². The molecule has 1 aliphatic heterocycles. The van der Waals surface area contributed by atoms with Gasteiger partial charge in [-0.15, -0.1) is 0 Å². The molecule has 3 heteroatoms. The molecule has 0 atom stereocenters. The SMILES string of the molecule is CN1CCCN=C1NCC1CCC1. The van der Waals surface area contributed by atoms with Crippen LogP contribution < -0.4 is 5.32 Å². The van der Waals surface area contributed by atoms with E-state index in [1.165, 1.54) is 25.7 Å². The summed E-state index contributed by atoms with van der Waals surface area (Å²) in [6, 6.07) is 0. The minimum Gasteiger partial charge on any atom is -0.356 e. The first-order valence-electron chi connectivity index (χ1n) is 5.36. The number of guanidine groups is 1. The Morgan fingerprint density at radius 2 is 2.31 bits per heavy atom. The largest absolute Gasteiger partial charge is 0.356 e. The Labute approximate surface area is 80.2 Å². The molecule has 2 aliphatic rings. The van der Waals surface area contributed by atoms with E-state index < -0.39 is 0 Å². The van der Waals surface area contributed by atoms with E-state index in [-0.39, 0.29) is 0 Å². The van der Waals surface area contributed by atoms with Crippen LogP contribution in [-0.2, 0) is 0 Å². The van der Waals surface area contributed by atoms with Gasteiger partial charge in [-0.3, -0.25) is 4.99 Å². The van der Waals surface area contributed by atoms with Crippen molar-refractivity contribution in [2.45, 2.75) is 25.7 Å². The first kappa shape index (κ1) is 8.85. The van der Waals surface area contributed by atoms with Gasteiger partial charge in [0.2, 0.25) is 0 Å². The zero-order chi connectivity index (χ0) is 9.10. The van der Waals surface area contributed by atoms with Crippen molar-refractivity contribution in [1.82, 2.24) is 10.2 Å². The molecule has 0 aromatic heterocycles. The molecule has 1 aliphatic carbocycles. The number of rotatable bonds is 2. The monoisotopic (exact) mass is 181 g/mol. The molecule has 0 aromatic carbocycles. The highest BCUT2D eigenvalue weighted by molar-refractivity contribution is 5.80. The lowest BCUT2D eigenvalue weighted by atomic mass is 9.85. The lowest BCUT2D eigenvalue weighted by Gasteiger charge is -2.30. The quantitative estimate of drug-likeness (QED) is 0.690. The van der Waals surface area contributed by atoms with Gasteiger partial charge in [-0.2, -0.15) is 0 Å². The predicted octanol–water partition coefficient (Wildman–Crippen LogP) is 1.07. The second-order valence-electron chi connectivity index (χ2n) is 4.16. The molecule has 3 nitrogen and oxygen atoms in total. The van der Waals surface area contributed by atoms with Gasteiger partial charge in [0, 0.05) is 26.7 Å². The second-order valence-corrected chi connectivity index (χ2v) is 4.16. The zero-order valence-corrected chi connectivity index (χ0v) is 8.42. The molecule has 1 fully saturated rings. The van der Waals surface area contributed by atoms with Gasteiger partial charge in [0.15, 0.2) is 5.96 Å². The van der Waals surface area contributed by atoms with Crippen LogP contribution in [0.4, 0.5) is 0 Å². The van der Waals surface area contributed by atoms with E-state index in [1.54, 1.807) is 0 Å². The maximum atomic E-state index is 4.47. The standard InChI is InChI=1S/C10H19N3/c1-13-7-3-6-11-10(13)12-8-9-4-2-5-9/h9H,2-8H2,1H3,(H,11,12). The van der Waals surface area contributed by atoms with Crippen LogP contribution in [0.5, 0.6) is 0 Å². The van der Waals surface area contributed by atoms with Gasteiger partial charge in [0.25, 0.3) is 0 Å². The Balaban J connectivity index is 1.75. The van der Waals surface area contributed by atoms with Gasteiger partial charge < -0.3 is 10.2 Å². The van der Waals surface area contributed by atoms with Crippen molar-refractivity contribution in [3.05, 3.63) is 0 Å². The van der Waals surface area contributed by atoms with Gasteiger partial charge in [-0.25, -0.2) is 0 Å². The van der Waals surface area contributed by atoms with Crippen LogP contribution in [0.2, 0.25) is 0 Å². The average molecular weight is 181 g/mol. The molecule has 1 N–H and O–H groups in total. The highest BCUT2D eigenvalue weighted by Crippen LogP contribution is 2.25. The summed E-state index contributed by atoms with van der Waals surface area (Å²) in [5, 5.41) is 3.45. The van der Waals surface area contributed by atoms with Crippen LogP contribution in [0.15, 0.2) is 4.99 Å². The third kappa shape index (κ3) is 2.14. The van der Waals surface area contributed by atoms with Crippen LogP contribution in [-0.4, -0.2) is 37.5 Å². The zero-order valence-electron chi connectivity index (χ0n) is 8.42. The Bertz CT molecular complexity index is 196. The Morgan fingerprint density at radius 1 is 1.46 bits per heavy atom. The highest BCUT2D eigenvalue weighted by atomic mass is 15.3. The van der Waals surface area contributed by atoms with Gasteiger partial charge in [0.05, 0.1) is 0 Å². The number of hydrogen-bond donors (Lipinski definition) is 1.